The van der Waals surface area contributed by atoms with E-state index in [0.717, 1.165) is 40.0 Å². The molecule has 3 aromatic carbocycles. The van der Waals surface area contributed by atoms with Gasteiger partial charge in [0.25, 0.3) is 5.91 Å². The summed E-state index contributed by atoms with van der Waals surface area (Å²) in [5, 5.41) is 3.02. The van der Waals surface area contributed by atoms with Crippen LogP contribution in [-0.4, -0.2) is 39.9 Å². The van der Waals surface area contributed by atoms with Crippen molar-refractivity contribution in [3.8, 4) is 0 Å². The number of carbonyl (C=O) groups excluding carboxylic acids is 2. The van der Waals surface area contributed by atoms with Crippen LogP contribution in [0.15, 0.2) is 72.8 Å². The average Bonchev–Trinajstić information content (AvgIpc) is 3.19. The molecule has 0 saturated carbocycles. The first kappa shape index (κ1) is 24.2. The first-order valence-electron chi connectivity index (χ1n) is 12.0. The van der Waals surface area contributed by atoms with E-state index in [1.807, 2.05) is 98.3 Å². The lowest BCUT2D eigenvalue weighted by Gasteiger charge is -2.19. The number of aryl methyl sites for hydroxylation is 3. The first-order valence-corrected chi connectivity index (χ1v) is 12.0. The molecular weight excluding hydrogens is 436 g/mol. The molecule has 6 nitrogen and oxygen atoms in total. The Balaban J connectivity index is 1.40. The number of hydrogen-bond donors (Lipinski definition) is 1. The molecule has 2 amide bonds. The third kappa shape index (κ3) is 5.96. The highest BCUT2D eigenvalue weighted by Gasteiger charge is 2.16. The summed E-state index contributed by atoms with van der Waals surface area (Å²) in [5.41, 5.74) is 5.74. The number of benzene rings is 3. The van der Waals surface area contributed by atoms with E-state index in [4.69, 9.17) is 4.98 Å². The Hall–Kier alpha value is -3.93. The topological polar surface area (TPSA) is 67.2 Å². The molecule has 0 atom stereocenters. The fourth-order valence-corrected chi connectivity index (χ4v) is 4.31. The van der Waals surface area contributed by atoms with Crippen LogP contribution < -0.4 is 5.32 Å². The molecule has 0 aliphatic heterocycles. The molecule has 1 heterocycles. The Morgan fingerprint density at radius 1 is 0.971 bits per heavy atom. The summed E-state index contributed by atoms with van der Waals surface area (Å²) in [5.74, 6) is 0.823. The summed E-state index contributed by atoms with van der Waals surface area (Å²) in [6.45, 7) is 5.30. The van der Waals surface area contributed by atoms with E-state index in [-0.39, 0.29) is 18.4 Å². The number of imidazole rings is 1. The van der Waals surface area contributed by atoms with Gasteiger partial charge in [-0.05, 0) is 49.6 Å². The van der Waals surface area contributed by atoms with Gasteiger partial charge >= 0.3 is 0 Å². The van der Waals surface area contributed by atoms with E-state index in [2.05, 4.69) is 5.32 Å². The molecule has 0 spiro atoms. The maximum absolute atomic E-state index is 13.1. The minimum Gasteiger partial charge on any atom is -0.352 e. The second kappa shape index (κ2) is 11.0. The molecule has 0 fully saturated rings. The molecule has 0 radical (unpaired) electrons. The van der Waals surface area contributed by atoms with Crippen molar-refractivity contribution >= 4 is 22.8 Å². The van der Waals surface area contributed by atoms with Gasteiger partial charge in [0, 0.05) is 32.1 Å². The van der Waals surface area contributed by atoms with Gasteiger partial charge in [0.05, 0.1) is 11.0 Å². The average molecular weight is 469 g/mol. The Morgan fingerprint density at radius 2 is 1.71 bits per heavy atom. The highest BCUT2D eigenvalue weighted by Crippen LogP contribution is 2.18. The van der Waals surface area contributed by atoms with Crippen LogP contribution in [0, 0.1) is 13.8 Å². The Labute approximate surface area is 206 Å². The third-order valence-corrected chi connectivity index (χ3v) is 6.20. The fraction of sp³-hybridized carbons (Fsp3) is 0.276. The maximum Gasteiger partial charge on any atom is 0.251 e. The molecule has 1 aromatic heterocycles. The molecule has 0 unspecified atom stereocenters. The number of aromatic nitrogens is 2. The van der Waals surface area contributed by atoms with Crippen LogP contribution in [0.1, 0.15) is 39.3 Å². The van der Waals surface area contributed by atoms with Crippen LogP contribution in [0.3, 0.4) is 0 Å². The van der Waals surface area contributed by atoms with Crippen molar-refractivity contribution in [2.75, 3.05) is 13.6 Å². The van der Waals surface area contributed by atoms with Crippen LogP contribution in [0.4, 0.5) is 0 Å². The number of carbonyl (C=O) groups is 2. The van der Waals surface area contributed by atoms with Gasteiger partial charge in [0.2, 0.25) is 5.91 Å². The van der Waals surface area contributed by atoms with Crippen LogP contribution in [-0.2, 0) is 24.3 Å². The molecule has 6 heteroatoms. The van der Waals surface area contributed by atoms with Crippen molar-refractivity contribution in [2.45, 2.75) is 39.8 Å². The fourth-order valence-electron chi connectivity index (χ4n) is 4.31. The molecule has 0 aliphatic rings. The van der Waals surface area contributed by atoms with E-state index in [1.54, 1.807) is 4.90 Å². The van der Waals surface area contributed by atoms with E-state index in [1.165, 1.54) is 0 Å². The van der Waals surface area contributed by atoms with Gasteiger partial charge < -0.3 is 14.8 Å². The molecule has 180 valence electrons. The molecule has 0 saturated heterocycles. The van der Waals surface area contributed by atoms with E-state index in [9.17, 15) is 9.59 Å². The smallest absolute Gasteiger partial charge is 0.251 e. The molecular formula is C29H32N4O2. The van der Waals surface area contributed by atoms with Crippen molar-refractivity contribution in [2.24, 2.45) is 0 Å². The third-order valence-electron chi connectivity index (χ3n) is 6.20. The Kier molecular flexibility index (Phi) is 7.60. The molecule has 0 aliphatic carbocycles. The zero-order valence-corrected chi connectivity index (χ0v) is 20.6. The lowest BCUT2D eigenvalue weighted by molar-refractivity contribution is -0.131. The largest absolute Gasteiger partial charge is 0.352 e. The second-order valence-corrected chi connectivity index (χ2v) is 9.02. The zero-order chi connectivity index (χ0) is 24.8. The zero-order valence-electron chi connectivity index (χ0n) is 20.6. The normalized spacial score (nSPS) is 10.9. The Bertz CT molecular complexity index is 1330. The number of nitrogens with zero attached hydrogens (tertiary/aromatic N) is 3. The van der Waals surface area contributed by atoms with Gasteiger partial charge in [0.15, 0.2) is 0 Å². The summed E-state index contributed by atoms with van der Waals surface area (Å²) in [6.07, 6.45) is 1.39. The highest BCUT2D eigenvalue weighted by atomic mass is 16.2. The van der Waals surface area contributed by atoms with Crippen molar-refractivity contribution in [1.29, 1.82) is 0 Å². The summed E-state index contributed by atoms with van der Waals surface area (Å²) in [4.78, 5) is 32.2. The Morgan fingerprint density at radius 3 is 2.49 bits per heavy atom. The standard InChI is InChI=1S/C29H32N4O2/c1-21-15-16-24(22(2)18-21)29(35)30-17-9-14-27-31-25-12-7-8-13-26(25)33(27)20-28(34)32(3)19-23-10-5-4-6-11-23/h4-8,10-13,15-16,18H,9,14,17,19-20H2,1-3H3,(H,30,35). The maximum atomic E-state index is 13.1. The van der Waals surface area contributed by atoms with Gasteiger partial charge in [-0.25, -0.2) is 4.98 Å². The lowest BCUT2D eigenvalue weighted by Crippen LogP contribution is -2.30. The van der Waals surface area contributed by atoms with Crippen molar-refractivity contribution in [1.82, 2.24) is 19.8 Å². The number of rotatable bonds is 9. The quantitative estimate of drug-likeness (QED) is 0.363. The minimum atomic E-state index is -0.0614. The van der Waals surface area contributed by atoms with Crippen molar-refractivity contribution in [3.63, 3.8) is 0 Å². The van der Waals surface area contributed by atoms with Crippen LogP contribution in [0.25, 0.3) is 11.0 Å². The van der Waals surface area contributed by atoms with E-state index in [0.29, 0.717) is 25.1 Å². The van der Waals surface area contributed by atoms with Crippen LogP contribution in [0.2, 0.25) is 0 Å². The number of amides is 2. The van der Waals surface area contributed by atoms with Gasteiger partial charge in [-0.1, -0.05) is 60.2 Å². The molecule has 4 rings (SSSR count). The predicted molar refractivity (Wildman–Crippen MR) is 139 cm³/mol. The van der Waals surface area contributed by atoms with Gasteiger partial charge in [-0.3, -0.25) is 9.59 Å². The van der Waals surface area contributed by atoms with Crippen LogP contribution in [0.5, 0.6) is 0 Å². The summed E-state index contributed by atoms with van der Waals surface area (Å²) in [6, 6.07) is 23.7. The van der Waals surface area contributed by atoms with E-state index < -0.39 is 0 Å². The molecule has 0 bridgehead atoms. The number of hydrogen-bond acceptors (Lipinski definition) is 3. The number of para-hydroxylation sites is 2. The van der Waals surface area contributed by atoms with Crippen LogP contribution >= 0.6 is 0 Å². The molecule has 35 heavy (non-hydrogen) atoms. The second-order valence-electron chi connectivity index (χ2n) is 9.02. The number of nitrogens with one attached hydrogen (secondary N) is 1. The van der Waals surface area contributed by atoms with Gasteiger partial charge in [-0.15, -0.1) is 0 Å². The van der Waals surface area contributed by atoms with Crippen molar-refractivity contribution in [3.05, 3.63) is 101 Å². The molecule has 4 aromatic rings. The van der Waals surface area contributed by atoms with E-state index >= 15 is 0 Å². The summed E-state index contributed by atoms with van der Waals surface area (Å²) < 4.78 is 2.01. The molecule has 1 N–H and O–H groups in total. The highest BCUT2D eigenvalue weighted by molar-refractivity contribution is 5.95. The minimum absolute atomic E-state index is 0.0291. The summed E-state index contributed by atoms with van der Waals surface area (Å²) >= 11 is 0. The lowest BCUT2D eigenvalue weighted by atomic mass is 10.1. The number of likely N-dealkylation sites (N-methyl/N-ethyl adjacent to an activating group) is 1. The predicted octanol–water partition coefficient (Wildman–Crippen LogP) is 4.67. The monoisotopic (exact) mass is 468 g/mol. The van der Waals surface area contributed by atoms with Gasteiger partial charge in [0.1, 0.15) is 12.4 Å². The van der Waals surface area contributed by atoms with Gasteiger partial charge in [-0.2, -0.15) is 0 Å². The summed E-state index contributed by atoms with van der Waals surface area (Å²) in [7, 11) is 1.83. The van der Waals surface area contributed by atoms with Crippen molar-refractivity contribution < 1.29 is 9.59 Å². The SMILES string of the molecule is Cc1ccc(C(=O)NCCCc2nc3ccccc3n2CC(=O)N(C)Cc2ccccc2)c(C)c1. The first-order chi connectivity index (χ1) is 16.9. The number of fused-ring (bicyclic) bond motifs is 1.